The molecule has 10 nitrogen and oxygen atoms in total. The number of tetrazole rings is 1. The van der Waals surface area contributed by atoms with Crippen LogP contribution in [0.15, 0.2) is 36.3 Å². The minimum Gasteiger partial charge on any atom is -0.310 e. The molecule has 3 heterocycles. The highest BCUT2D eigenvalue weighted by Gasteiger charge is 2.09. The maximum atomic E-state index is 11.9. The minimum absolute atomic E-state index is 0.179. The number of imidazole rings is 1. The van der Waals surface area contributed by atoms with Gasteiger partial charge in [-0.1, -0.05) is 11.8 Å². The molecule has 1 amide bonds. The molecule has 0 bridgehead atoms. The Morgan fingerprint density at radius 1 is 1.41 bits per heavy atom. The van der Waals surface area contributed by atoms with Gasteiger partial charge in [0.1, 0.15) is 24.3 Å². The van der Waals surface area contributed by atoms with Gasteiger partial charge in [-0.25, -0.2) is 19.6 Å². The van der Waals surface area contributed by atoms with Gasteiger partial charge in [-0.05, 0) is 10.4 Å². The third-order valence-corrected chi connectivity index (χ3v) is 3.61. The quantitative estimate of drug-likeness (QED) is 0.649. The first-order chi connectivity index (χ1) is 10.7. The van der Waals surface area contributed by atoms with E-state index in [1.807, 2.05) is 0 Å². The summed E-state index contributed by atoms with van der Waals surface area (Å²) in [6, 6.07) is 1.66. The van der Waals surface area contributed by atoms with Crippen LogP contribution in [0.2, 0.25) is 0 Å². The summed E-state index contributed by atoms with van der Waals surface area (Å²) in [6.45, 7) is 0. The van der Waals surface area contributed by atoms with E-state index in [1.165, 1.54) is 22.8 Å². The summed E-state index contributed by atoms with van der Waals surface area (Å²) >= 11 is 1.24. The van der Waals surface area contributed by atoms with Crippen LogP contribution in [0.25, 0.3) is 5.82 Å². The second-order valence-corrected chi connectivity index (χ2v) is 5.10. The van der Waals surface area contributed by atoms with Gasteiger partial charge < -0.3 is 5.32 Å². The van der Waals surface area contributed by atoms with Crippen LogP contribution in [0.1, 0.15) is 0 Å². The number of hydrogen-bond acceptors (Lipinski definition) is 8. The predicted molar refractivity (Wildman–Crippen MR) is 77.3 cm³/mol. The van der Waals surface area contributed by atoms with Gasteiger partial charge in [-0.3, -0.25) is 9.36 Å². The molecule has 0 aliphatic carbocycles. The number of carbonyl (C=O) groups is 1. The molecule has 3 aromatic rings. The van der Waals surface area contributed by atoms with Crippen molar-refractivity contribution in [2.24, 2.45) is 7.05 Å². The van der Waals surface area contributed by atoms with Crippen LogP contribution in [0.3, 0.4) is 0 Å². The first-order valence-electron chi connectivity index (χ1n) is 6.18. The number of carbonyl (C=O) groups excluding carboxylic acids is 1. The van der Waals surface area contributed by atoms with Crippen molar-refractivity contribution in [1.82, 2.24) is 39.7 Å². The number of nitrogens with zero attached hydrogens (tertiary/aromatic N) is 8. The molecule has 0 spiro atoms. The lowest BCUT2D eigenvalue weighted by molar-refractivity contribution is -0.113. The Bertz CT molecular complexity index is 769. The first-order valence-corrected chi connectivity index (χ1v) is 7.16. The van der Waals surface area contributed by atoms with Crippen molar-refractivity contribution in [2.45, 2.75) is 5.16 Å². The van der Waals surface area contributed by atoms with Crippen LogP contribution < -0.4 is 5.32 Å². The third kappa shape index (κ3) is 3.25. The van der Waals surface area contributed by atoms with E-state index in [-0.39, 0.29) is 11.7 Å². The van der Waals surface area contributed by atoms with Crippen LogP contribution >= 0.6 is 11.8 Å². The zero-order valence-corrected chi connectivity index (χ0v) is 12.3. The zero-order valence-electron chi connectivity index (χ0n) is 11.5. The minimum atomic E-state index is -0.205. The maximum absolute atomic E-state index is 11.9. The van der Waals surface area contributed by atoms with E-state index >= 15 is 0 Å². The van der Waals surface area contributed by atoms with Gasteiger partial charge in [-0.15, -0.1) is 5.10 Å². The molecule has 0 radical (unpaired) electrons. The lowest BCUT2D eigenvalue weighted by Gasteiger charge is -2.05. The Hall–Kier alpha value is -2.82. The highest BCUT2D eigenvalue weighted by Crippen LogP contribution is 2.13. The van der Waals surface area contributed by atoms with E-state index in [9.17, 15) is 4.79 Å². The fourth-order valence-corrected chi connectivity index (χ4v) is 2.25. The van der Waals surface area contributed by atoms with Crippen LogP contribution in [-0.2, 0) is 11.8 Å². The van der Waals surface area contributed by atoms with E-state index in [2.05, 4.69) is 35.8 Å². The normalized spacial score (nSPS) is 10.6. The van der Waals surface area contributed by atoms with Gasteiger partial charge in [0.2, 0.25) is 11.1 Å². The molecule has 0 saturated carbocycles. The number of aromatic nitrogens is 8. The Kier molecular flexibility index (Phi) is 4.05. The molecule has 0 aliphatic rings. The Labute approximate surface area is 129 Å². The molecule has 0 aromatic carbocycles. The van der Waals surface area contributed by atoms with Gasteiger partial charge in [0.05, 0.1) is 5.75 Å². The third-order valence-electron chi connectivity index (χ3n) is 2.60. The molecule has 3 aromatic heterocycles. The molecule has 112 valence electrons. The number of thioether (sulfide) groups is 1. The van der Waals surface area contributed by atoms with Crippen molar-refractivity contribution in [3.63, 3.8) is 0 Å². The molecule has 0 unspecified atom stereocenters. The number of nitrogens with one attached hydrogen (secondary N) is 1. The number of anilines is 1. The monoisotopic (exact) mass is 317 g/mol. The number of aryl methyl sites for hydroxylation is 1. The Morgan fingerprint density at radius 2 is 2.32 bits per heavy atom. The molecule has 0 saturated heterocycles. The molecule has 22 heavy (non-hydrogen) atoms. The summed E-state index contributed by atoms with van der Waals surface area (Å²) < 4.78 is 3.22. The molecule has 3 rings (SSSR count). The lowest BCUT2D eigenvalue weighted by atomic mass is 10.5. The zero-order chi connectivity index (χ0) is 15.4. The highest BCUT2D eigenvalue weighted by atomic mass is 32.2. The predicted octanol–water partition coefficient (Wildman–Crippen LogP) is -0.0834. The van der Waals surface area contributed by atoms with Crippen molar-refractivity contribution < 1.29 is 4.79 Å². The maximum Gasteiger partial charge on any atom is 0.236 e. The van der Waals surface area contributed by atoms with Crippen LogP contribution in [0.4, 0.5) is 5.82 Å². The molecule has 1 N–H and O–H groups in total. The fraction of sp³-hybridized carbons (Fsp3) is 0.182. The number of amides is 1. The molecule has 0 fully saturated rings. The van der Waals surface area contributed by atoms with Crippen molar-refractivity contribution in [2.75, 3.05) is 11.1 Å². The summed E-state index contributed by atoms with van der Waals surface area (Å²) in [5, 5.41) is 14.3. The van der Waals surface area contributed by atoms with Gasteiger partial charge in [0, 0.05) is 25.5 Å². The van der Waals surface area contributed by atoms with Crippen LogP contribution in [-0.4, -0.2) is 51.4 Å². The second kappa shape index (κ2) is 6.30. The molecule has 0 aliphatic heterocycles. The Morgan fingerprint density at radius 3 is 3.05 bits per heavy atom. The van der Waals surface area contributed by atoms with Gasteiger partial charge in [0.25, 0.3) is 0 Å². The van der Waals surface area contributed by atoms with Crippen LogP contribution in [0.5, 0.6) is 0 Å². The van der Waals surface area contributed by atoms with Crippen molar-refractivity contribution >= 4 is 23.5 Å². The first kappa shape index (κ1) is 14.1. The van der Waals surface area contributed by atoms with Crippen molar-refractivity contribution in [3.05, 3.63) is 31.1 Å². The molecule has 11 heteroatoms. The van der Waals surface area contributed by atoms with Crippen molar-refractivity contribution in [3.8, 4) is 5.82 Å². The average molecular weight is 317 g/mol. The molecular weight excluding hydrogens is 306 g/mol. The highest BCUT2D eigenvalue weighted by molar-refractivity contribution is 7.99. The van der Waals surface area contributed by atoms with Gasteiger partial charge in [0.15, 0.2) is 0 Å². The van der Waals surface area contributed by atoms with E-state index in [1.54, 1.807) is 36.4 Å². The van der Waals surface area contributed by atoms with E-state index in [0.29, 0.717) is 16.8 Å². The number of hydrogen-bond donors (Lipinski definition) is 1. The summed E-state index contributed by atoms with van der Waals surface area (Å²) in [4.78, 5) is 24.0. The summed E-state index contributed by atoms with van der Waals surface area (Å²) in [5.74, 6) is 1.01. The lowest BCUT2D eigenvalue weighted by Crippen LogP contribution is -2.16. The summed E-state index contributed by atoms with van der Waals surface area (Å²) in [7, 11) is 1.71. The summed E-state index contributed by atoms with van der Waals surface area (Å²) in [5.41, 5.74) is 0. The van der Waals surface area contributed by atoms with Gasteiger partial charge >= 0.3 is 0 Å². The average Bonchev–Trinajstić information content (AvgIpc) is 3.17. The number of rotatable bonds is 5. The van der Waals surface area contributed by atoms with Crippen LogP contribution in [0, 0.1) is 0 Å². The fourth-order valence-electron chi connectivity index (χ4n) is 1.60. The summed E-state index contributed by atoms with van der Waals surface area (Å²) in [6.07, 6.45) is 6.40. The molecule has 0 atom stereocenters. The second-order valence-electron chi connectivity index (χ2n) is 4.15. The van der Waals surface area contributed by atoms with E-state index in [0.717, 1.165) is 0 Å². The topological polar surface area (TPSA) is 116 Å². The van der Waals surface area contributed by atoms with Gasteiger partial charge in [-0.2, -0.15) is 0 Å². The van der Waals surface area contributed by atoms with E-state index < -0.39 is 0 Å². The van der Waals surface area contributed by atoms with Crippen molar-refractivity contribution in [1.29, 1.82) is 0 Å². The Balaban J connectivity index is 1.62. The SMILES string of the molecule is Cn1nnnc1SCC(=O)Nc1cc(-n2ccnc2)ncn1. The standard InChI is InChI=1S/C11H11N9OS/c1-19-11(16-17-18-19)22-5-10(21)15-8-4-9(14-6-13-8)20-3-2-12-7-20/h2-4,6-7H,5H2,1H3,(H,13,14,15,21). The molecular formula is C11H11N9OS. The smallest absolute Gasteiger partial charge is 0.236 e. The largest absolute Gasteiger partial charge is 0.310 e. The van der Waals surface area contributed by atoms with E-state index in [4.69, 9.17) is 0 Å².